The number of nitrogens with zero attached hydrogens (tertiary/aromatic N) is 5. The van der Waals surface area contributed by atoms with Crippen molar-refractivity contribution in [1.29, 1.82) is 0 Å². The zero-order valence-electron chi connectivity index (χ0n) is 42.5. The highest BCUT2D eigenvalue weighted by Gasteiger charge is 2.43. The first-order valence-electron chi connectivity index (χ1n) is 25.4. The van der Waals surface area contributed by atoms with E-state index in [-0.39, 0.29) is 47.7 Å². The van der Waals surface area contributed by atoms with Gasteiger partial charge >= 0.3 is 0 Å². The average molecular weight is 1020 g/mol. The second kappa shape index (κ2) is 25.3. The number of thiazole rings is 1. The van der Waals surface area contributed by atoms with Crippen molar-refractivity contribution in [3.8, 4) is 10.4 Å². The Bertz CT molecular complexity index is 2480. The van der Waals surface area contributed by atoms with Crippen molar-refractivity contribution in [3.05, 3.63) is 88.8 Å². The van der Waals surface area contributed by atoms with E-state index < -0.39 is 32.5 Å². The maximum atomic E-state index is 14.3. The first-order chi connectivity index (χ1) is 33.3. The van der Waals surface area contributed by atoms with E-state index >= 15 is 0 Å². The molecule has 2 aliphatic heterocycles. The predicted octanol–water partition coefficient (Wildman–Crippen LogP) is 11.3. The largest absolute Gasteiger partial charge is 0.391 e. The molecule has 70 heavy (non-hydrogen) atoms. The summed E-state index contributed by atoms with van der Waals surface area (Å²) < 4.78 is 26.0. The lowest BCUT2D eigenvalue weighted by Crippen LogP contribution is -2.47. The molecule has 13 nitrogen and oxygen atoms in total. The van der Waals surface area contributed by atoms with Crippen molar-refractivity contribution < 1.29 is 23.1 Å². The number of hydrogen-bond acceptors (Lipinski definition) is 13. The Morgan fingerprint density at radius 3 is 2.31 bits per heavy atom. The fraction of sp³-hybridized carbons (Fsp3) is 0.574. The third-order valence-corrected chi connectivity index (χ3v) is 17.4. The number of aliphatic hydroxyl groups is 1. The van der Waals surface area contributed by atoms with E-state index in [2.05, 4.69) is 73.6 Å². The standard InChI is InChI=1S/C54H77ClN8O5S2/c1-36(2)70(67,68)49-23-17-16-22-47(49)60-51-46(55)32-56-53(61-51)59-42-20-19-29-62(33-42)28-18-14-12-10-9-11-13-15-21-43(64)30-45(54(6,7)8)52(66)63-34-44(65)31-48(63)38(4)58-37(3)40-24-26-41(27-25-40)50-39(5)57-35-69-50/h16-17,22-27,32,35-37,42,44-45,48,58,65H,4,9-15,18-21,28-31,33-34H2,1-3,5-8H3,(H2,56,59,60,61)/t37-,42+,44-,45+,48+/m0/s1. The molecule has 0 spiro atoms. The Labute approximate surface area is 426 Å². The van der Waals surface area contributed by atoms with E-state index in [0.29, 0.717) is 41.0 Å². The first kappa shape index (κ1) is 54.9. The fourth-order valence-corrected chi connectivity index (χ4v) is 11.8. The van der Waals surface area contributed by atoms with E-state index in [1.54, 1.807) is 54.3 Å². The Morgan fingerprint density at radius 1 is 0.957 bits per heavy atom. The number of Topliss-reactive ketones (excluding diaryl/α,β-unsaturated/α-hetero) is 1. The van der Waals surface area contributed by atoms with Crippen LogP contribution in [0.15, 0.2) is 77.4 Å². The zero-order chi connectivity index (χ0) is 50.6. The molecule has 2 saturated heterocycles. The maximum absolute atomic E-state index is 14.3. The van der Waals surface area contributed by atoms with Gasteiger partial charge in [-0.1, -0.05) is 114 Å². The van der Waals surface area contributed by atoms with Crippen molar-refractivity contribution in [1.82, 2.24) is 30.1 Å². The van der Waals surface area contributed by atoms with Crippen molar-refractivity contribution in [3.63, 3.8) is 0 Å². The minimum atomic E-state index is -3.52. The van der Waals surface area contributed by atoms with Gasteiger partial charge in [0, 0.05) is 56.1 Å². The lowest BCUT2D eigenvalue weighted by molar-refractivity contribution is -0.142. The monoisotopic (exact) mass is 1020 g/mol. The number of likely N-dealkylation sites (tertiary alicyclic amines) is 2. The summed E-state index contributed by atoms with van der Waals surface area (Å²) in [5.74, 6) is 0.352. The molecular formula is C54H77ClN8O5S2. The van der Waals surface area contributed by atoms with Gasteiger partial charge in [-0.3, -0.25) is 9.59 Å². The lowest BCUT2D eigenvalue weighted by Gasteiger charge is -2.36. The number of amides is 1. The number of anilines is 3. The van der Waals surface area contributed by atoms with Gasteiger partial charge in [-0.05, 0) is 95.1 Å². The van der Waals surface area contributed by atoms with Crippen LogP contribution >= 0.6 is 22.9 Å². The van der Waals surface area contributed by atoms with Gasteiger partial charge in [-0.2, -0.15) is 4.98 Å². The number of aromatic nitrogens is 3. The van der Waals surface area contributed by atoms with Gasteiger partial charge in [0.15, 0.2) is 15.7 Å². The van der Waals surface area contributed by atoms with Crippen LogP contribution in [0.3, 0.4) is 0 Å². The minimum absolute atomic E-state index is 0.0561. The molecule has 2 aliphatic rings. The molecule has 4 N–H and O–H groups in total. The number of benzene rings is 2. The van der Waals surface area contributed by atoms with E-state index in [1.807, 2.05) is 33.2 Å². The third-order valence-electron chi connectivity index (χ3n) is 13.9. The summed E-state index contributed by atoms with van der Waals surface area (Å²) in [7, 11) is -3.52. The van der Waals surface area contributed by atoms with Crippen LogP contribution in [0.1, 0.15) is 142 Å². The number of carbonyl (C=O) groups excluding carboxylic acids is 2. The van der Waals surface area contributed by atoms with Crippen LogP contribution in [-0.2, 0) is 19.4 Å². The van der Waals surface area contributed by atoms with Gasteiger partial charge in [-0.25, -0.2) is 18.4 Å². The molecule has 0 aliphatic carbocycles. The summed E-state index contributed by atoms with van der Waals surface area (Å²) in [4.78, 5) is 46.8. The van der Waals surface area contributed by atoms with Crippen LogP contribution in [0, 0.1) is 18.3 Å². The van der Waals surface area contributed by atoms with Crippen molar-refractivity contribution >= 4 is 61.9 Å². The molecule has 382 valence electrons. The predicted molar refractivity (Wildman–Crippen MR) is 285 cm³/mol. The SMILES string of the molecule is C=C(N[C@@H](C)c1ccc(-c2scnc2C)cc1)[C@H]1C[C@H](O)CN1C(=O)[C@@H](CC(=O)CCCCCCCCCCN1CCC[C@@H](Nc2ncc(Cl)c(Nc3ccccc3S(=O)(=O)C(C)C)n2)C1)C(C)(C)C. The molecule has 0 saturated carbocycles. The molecule has 16 heteroatoms. The van der Waals surface area contributed by atoms with Gasteiger partial charge < -0.3 is 30.9 Å². The third kappa shape index (κ3) is 15.1. The number of β-amino-alcohol motifs (C(OH)–C–C–N with tert-alkyl or cyclic N) is 1. The molecule has 4 aromatic rings. The maximum Gasteiger partial charge on any atom is 0.227 e. The number of aliphatic hydroxyl groups excluding tert-OH is 1. The minimum Gasteiger partial charge on any atom is -0.391 e. The number of carbonyl (C=O) groups is 2. The molecular weight excluding hydrogens is 940 g/mol. The summed E-state index contributed by atoms with van der Waals surface area (Å²) in [6.45, 7) is 21.1. The van der Waals surface area contributed by atoms with Crippen LogP contribution in [0.5, 0.6) is 0 Å². The summed E-state index contributed by atoms with van der Waals surface area (Å²) in [6.07, 6.45) is 12.8. The van der Waals surface area contributed by atoms with Gasteiger partial charge in [0.1, 0.15) is 10.8 Å². The molecule has 0 radical (unpaired) electrons. The number of nitrogens with one attached hydrogen (secondary N) is 3. The number of aryl methyl sites for hydroxylation is 1. The molecule has 0 unspecified atom stereocenters. The van der Waals surface area contributed by atoms with Crippen molar-refractivity contribution in [2.24, 2.45) is 11.3 Å². The molecule has 4 heterocycles. The van der Waals surface area contributed by atoms with E-state index in [4.69, 9.17) is 11.6 Å². The summed E-state index contributed by atoms with van der Waals surface area (Å²) >= 11 is 8.10. The Morgan fingerprint density at radius 2 is 1.64 bits per heavy atom. The second-order valence-corrected chi connectivity index (χ2v) is 24.5. The number of halogens is 1. The smallest absolute Gasteiger partial charge is 0.227 e. The summed E-state index contributed by atoms with van der Waals surface area (Å²) in [5.41, 5.74) is 5.81. The van der Waals surface area contributed by atoms with E-state index in [0.717, 1.165) is 86.3 Å². The van der Waals surface area contributed by atoms with Gasteiger partial charge in [0.2, 0.25) is 11.9 Å². The number of piperidine rings is 1. The molecule has 6 rings (SSSR count). The molecule has 2 fully saturated rings. The quantitative estimate of drug-likeness (QED) is 0.0464. The number of hydrogen-bond donors (Lipinski definition) is 4. The van der Waals surface area contributed by atoms with Gasteiger partial charge in [0.05, 0.1) is 50.3 Å². The Balaban J connectivity index is 0.862. The highest BCUT2D eigenvalue weighted by Crippen LogP contribution is 2.36. The van der Waals surface area contributed by atoms with Crippen LogP contribution in [0.25, 0.3) is 10.4 Å². The van der Waals surface area contributed by atoms with Gasteiger partial charge in [-0.15, -0.1) is 11.3 Å². The highest BCUT2D eigenvalue weighted by atomic mass is 35.5. The number of sulfone groups is 1. The average Bonchev–Trinajstić information content (AvgIpc) is 3.94. The number of para-hydroxylation sites is 1. The Kier molecular flexibility index (Phi) is 19.9. The summed E-state index contributed by atoms with van der Waals surface area (Å²) in [5, 5.41) is 20.7. The van der Waals surface area contributed by atoms with Crippen molar-refractivity contribution in [2.45, 2.75) is 166 Å². The van der Waals surface area contributed by atoms with Crippen molar-refractivity contribution in [2.75, 3.05) is 36.8 Å². The first-order valence-corrected chi connectivity index (χ1v) is 28.2. The van der Waals surface area contributed by atoms with Crippen LogP contribution in [-0.4, -0.2) is 99.6 Å². The lowest BCUT2D eigenvalue weighted by atomic mass is 9.76. The zero-order valence-corrected chi connectivity index (χ0v) is 44.9. The highest BCUT2D eigenvalue weighted by molar-refractivity contribution is 7.92. The number of rotatable bonds is 25. The van der Waals surface area contributed by atoms with Crippen LogP contribution in [0.2, 0.25) is 5.02 Å². The molecule has 5 atom stereocenters. The molecule has 2 aromatic heterocycles. The molecule has 1 amide bonds. The van der Waals surface area contributed by atoms with Crippen LogP contribution < -0.4 is 16.0 Å². The topological polar surface area (TPSA) is 170 Å². The van der Waals surface area contributed by atoms with E-state index in [9.17, 15) is 23.1 Å². The van der Waals surface area contributed by atoms with Crippen LogP contribution in [0.4, 0.5) is 17.5 Å². The van der Waals surface area contributed by atoms with E-state index in [1.165, 1.54) is 25.5 Å². The van der Waals surface area contributed by atoms with Gasteiger partial charge in [0.25, 0.3) is 0 Å². The normalized spacial score (nSPS) is 18.7. The number of unbranched alkanes of at least 4 members (excludes halogenated alkanes) is 7. The number of ketones is 1. The Hall–Kier alpha value is -4.41. The fourth-order valence-electron chi connectivity index (χ4n) is 9.64. The second-order valence-electron chi connectivity index (χ2n) is 20.8. The molecule has 0 bridgehead atoms. The summed E-state index contributed by atoms with van der Waals surface area (Å²) in [6, 6.07) is 15.0. The molecule has 2 aromatic carbocycles.